The molecule has 6 nitrogen and oxygen atoms in total. The largest absolute Gasteiger partial charge is 0.333 e. The first kappa shape index (κ1) is 19.6. The van der Waals surface area contributed by atoms with E-state index in [4.69, 9.17) is 0 Å². The minimum absolute atomic E-state index is 0.214. The maximum absolute atomic E-state index is 13.7. The highest BCUT2D eigenvalue weighted by molar-refractivity contribution is 7.89. The molecule has 1 fully saturated rings. The monoisotopic (exact) mass is 375 g/mol. The summed E-state index contributed by atoms with van der Waals surface area (Å²) in [6, 6.07) is 2.21. The molecule has 9 heteroatoms. The number of hydrogen-bond donors (Lipinski definition) is 2. The van der Waals surface area contributed by atoms with Crippen LogP contribution in [0.2, 0.25) is 0 Å². The third-order valence-electron chi connectivity index (χ3n) is 3.77. The highest BCUT2D eigenvalue weighted by Crippen LogP contribution is 2.20. The van der Waals surface area contributed by atoms with Crippen LogP contribution in [0.25, 0.3) is 0 Å². The van der Waals surface area contributed by atoms with Crippen LogP contribution >= 0.6 is 0 Å². The second-order valence-corrected chi connectivity index (χ2v) is 8.76. The number of sulfonamides is 1. The van der Waals surface area contributed by atoms with Gasteiger partial charge in [-0.05, 0) is 45.7 Å². The molecule has 0 radical (unpaired) electrons. The van der Waals surface area contributed by atoms with Gasteiger partial charge in [0, 0.05) is 24.7 Å². The molecule has 2 amide bonds. The van der Waals surface area contributed by atoms with Crippen molar-refractivity contribution in [3.05, 3.63) is 29.8 Å². The first-order valence-electron chi connectivity index (χ1n) is 8.03. The van der Waals surface area contributed by atoms with E-state index in [0.29, 0.717) is 25.9 Å². The number of piperidine rings is 1. The normalized spacial score (nSPS) is 16.8. The first-order valence-corrected chi connectivity index (χ1v) is 9.51. The van der Waals surface area contributed by atoms with Gasteiger partial charge in [0.15, 0.2) is 4.90 Å². The van der Waals surface area contributed by atoms with Crippen molar-refractivity contribution in [3.63, 3.8) is 0 Å². The molecule has 0 atom stereocenters. The van der Waals surface area contributed by atoms with Crippen molar-refractivity contribution >= 4 is 16.1 Å². The molecule has 2 rings (SSSR count). The smallest absolute Gasteiger partial charge is 0.317 e. The maximum Gasteiger partial charge on any atom is 0.317 e. The summed E-state index contributed by atoms with van der Waals surface area (Å²) in [4.78, 5) is 12.7. The Morgan fingerprint density at radius 3 is 2.16 bits per heavy atom. The molecule has 1 aromatic rings. The first-order chi connectivity index (χ1) is 11.5. The van der Waals surface area contributed by atoms with E-state index in [1.165, 1.54) is 0 Å². The van der Waals surface area contributed by atoms with Crippen molar-refractivity contribution in [2.24, 2.45) is 0 Å². The zero-order valence-corrected chi connectivity index (χ0v) is 15.3. The van der Waals surface area contributed by atoms with Crippen molar-refractivity contribution in [1.82, 2.24) is 14.9 Å². The second kappa shape index (κ2) is 7.25. The quantitative estimate of drug-likeness (QED) is 0.850. The van der Waals surface area contributed by atoms with Gasteiger partial charge in [-0.15, -0.1) is 0 Å². The number of benzene rings is 1. The van der Waals surface area contributed by atoms with Gasteiger partial charge in [-0.25, -0.2) is 26.7 Å². The molecule has 25 heavy (non-hydrogen) atoms. The molecule has 0 aromatic heterocycles. The fourth-order valence-electron chi connectivity index (χ4n) is 2.62. The van der Waals surface area contributed by atoms with Gasteiger partial charge in [0.1, 0.15) is 11.6 Å². The number of amides is 2. The van der Waals surface area contributed by atoms with Gasteiger partial charge in [0.25, 0.3) is 0 Å². The number of nitrogens with one attached hydrogen (secondary N) is 2. The SMILES string of the molecule is CC(C)(C)NC(=O)N1CCC(NS(=O)(=O)c2c(F)cccc2F)CC1. The fourth-order valence-corrected chi connectivity index (χ4v) is 4.06. The Morgan fingerprint density at radius 2 is 1.68 bits per heavy atom. The fraction of sp³-hybridized carbons (Fsp3) is 0.562. The van der Waals surface area contributed by atoms with Crippen molar-refractivity contribution in [1.29, 1.82) is 0 Å². The molecule has 1 heterocycles. The summed E-state index contributed by atoms with van der Waals surface area (Å²) in [5.41, 5.74) is -0.363. The van der Waals surface area contributed by atoms with Crippen molar-refractivity contribution in [3.8, 4) is 0 Å². The average molecular weight is 375 g/mol. The summed E-state index contributed by atoms with van der Waals surface area (Å²) < 4.78 is 54.3. The summed E-state index contributed by atoms with van der Waals surface area (Å²) >= 11 is 0. The topological polar surface area (TPSA) is 78.5 Å². The standard InChI is InChI=1S/C16H23F2N3O3S/c1-16(2,3)19-15(22)21-9-7-11(8-10-21)20-25(23,24)14-12(17)5-4-6-13(14)18/h4-6,11,20H,7-10H2,1-3H3,(H,19,22). The number of carbonyl (C=O) groups excluding carboxylic acids is 1. The van der Waals surface area contributed by atoms with E-state index < -0.39 is 32.6 Å². The zero-order valence-electron chi connectivity index (χ0n) is 14.5. The van der Waals surface area contributed by atoms with E-state index in [9.17, 15) is 22.0 Å². The molecular weight excluding hydrogens is 352 g/mol. The van der Waals surface area contributed by atoms with Gasteiger partial charge < -0.3 is 10.2 Å². The molecule has 0 bridgehead atoms. The molecule has 2 N–H and O–H groups in total. The molecule has 1 aliphatic rings. The van der Waals surface area contributed by atoms with Crippen molar-refractivity contribution in [2.75, 3.05) is 13.1 Å². The Kier molecular flexibility index (Phi) is 5.68. The molecule has 0 saturated carbocycles. The number of carbonyl (C=O) groups is 1. The van der Waals surface area contributed by atoms with Gasteiger partial charge in [-0.2, -0.15) is 0 Å². The maximum atomic E-state index is 13.7. The predicted molar refractivity (Wildman–Crippen MR) is 89.6 cm³/mol. The van der Waals surface area contributed by atoms with E-state index in [2.05, 4.69) is 10.0 Å². The number of urea groups is 1. The van der Waals surface area contributed by atoms with E-state index in [1.54, 1.807) is 4.90 Å². The summed E-state index contributed by atoms with van der Waals surface area (Å²) in [7, 11) is -4.31. The Bertz CT molecular complexity index is 719. The molecule has 1 saturated heterocycles. The van der Waals surface area contributed by atoms with Crippen LogP contribution in [0.3, 0.4) is 0 Å². The zero-order chi connectivity index (χ0) is 18.8. The van der Waals surface area contributed by atoms with Gasteiger partial charge in [0.2, 0.25) is 10.0 Å². The van der Waals surface area contributed by atoms with Gasteiger partial charge in [-0.1, -0.05) is 6.07 Å². The lowest BCUT2D eigenvalue weighted by Gasteiger charge is -2.34. The number of hydrogen-bond acceptors (Lipinski definition) is 3. The van der Waals surface area contributed by atoms with Crippen LogP contribution in [0, 0.1) is 11.6 Å². The minimum Gasteiger partial charge on any atom is -0.333 e. The molecule has 0 unspecified atom stereocenters. The Morgan fingerprint density at radius 1 is 1.16 bits per heavy atom. The number of likely N-dealkylation sites (tertiary alicyclic amines) is 1. The summed E-state index contributed by atoms with van der Waals surface area (Å²) in [6.07, 6.45) is 0.736. The average Bonchev–Trinajstić information content (AvgIpc) is 2.45. The van der Waals surface area contributed by atoms with E-state index in [1.807, 2.05) is 20.8 Å². The Labute approximate surface area is 146 Å². The Balaban J connectivity index is 1.99. The third kappa shape index (κ3) is 5.12. The summed E-state index contributed by atoms with van der Waals surface area (Å²) in [5.74, 6) is -2.26. The van der Waals surface area contributed by atoms with Crippen LogP contribution in [0.4, 0.5) is 13.6 Å². The highest BCUT2D eigenvalue weighted by Gasteiger charge is 2.30. The molecule has 1 aliphatic heterocycles. The van der Waals surface area contributed by atoms with Crippen LogP contribution < -0.4 is 10.0 Å². The third-order valence-corrected chi connectivity index (χ3v) is 5.34. The van der Waals surface area contributed by atoms with Crippen molar-refractivity contribution < 1.29 is 22.0 Å². The number of nitrogens with zero attached hydrogens (tertiary/aromatic N) is 1. The lowest BCUT2D eigenvalue weighted by atomic mass is 10.1. The lowest BCUT2D eigenvalue weighted by molar-refractivity contribution is 0.172. The van der Waals surface area contributed by atoms with Crippen LogP contribution in [-0.4, -0.2) is 44.0 Å². The van der Waals surface area contributed by atoms with Crippen LogP contribution in [0.1, 0.15) is 33.6 Å². The van der Waals surface area contributed by atoms with Crippen molar-refractivity contribution in [2.45, 2.75) is 50.1 Å². The molecule has 0 spiro atoms. The minimum atomic E-state index is -4.31. The number of rotatable bonds is 3. The second-order valence-electron chi connectivity index (χ2n) is 7.11. The highest BCUT2D eigenvalue weighted by atomic mass is 32.2. The molecule has 0 aliphatic carbocycles. The van der Waals surface area contributed by atoms with E-state index in [0.717, 1.165) is 18.2 Å². The summed E-state index contributed by atoms with van der Waals surface area (Å²) in [6.45, 7) is 6.32. The van der Waals surface area contributed by atoms with Crippen LogP contribution in [0.5, 0.6) is 0 Å². The van der Waals surface area contributed by atoms with Gasteiger partial charge in [0.05, 0.1) is 0 Å². The van der Waals surface area contributed by atoms with Gasteiger partial charge >= 0.3 is 6.03 Å². The predicted octanol–water partition coefficient (Wildman–Crippen LogP) is 2.22. The lowest BCUT2D eigenvalue weighted by Crippen LogP contribution is -2.53. The van der Waals surface area contributed by atoms with Crippen LogP contribution in [0.15, 0.2) is 23.1 Å². The Hall–Kier alpha value is -1.74. The van der Waals surface area contributed by atoms with Gasteiger partial charge in [-0.3, -0.25) is 0 Å². The molecule has 140 valence electrons. The van der Waals surface area contributed by atoms with E-state index in [-0.39, 0.29) is 11.6 Å². The summed E-state index contributed by atoms with van der Waals surface area (Å²) in [5, 5.41) is 2.84. The molecular formula is C16H23F2N3O3S. The van der Waals surface area contributed by atoms with Crippen LogP contribution in [-0.2, 0) is 10.0 Å². The number of halogens is 2. The van der Waals surface area contributed by atoms with E-state index >= 15 is 0 Å². The molecule has 1 aromatic carbocycles.